The second kappa shape index (κ2) is 7.96. The number of allylic oxidation sites excluding steroid dienone is 1. The van der Waals surface area contributed by atoms with Gasteiger partial charge >= 0.3 is 0 Å². The van der Waals surface area contributed by atoms with Crippen molar-refractivity contribution in [2.75, 3.05) is 19.5 Å². The van der Waals surface area contributed by atoms with Crippen LogP contribution in [0.25, 0.3) is 0 Å². The molecule has 0 aromatic heterocycles. The second-order valence-corrected chi connectivity index (χ2v) is 5.17. The van der Waals surface area contributed by atoms with E-state index in [0.29, 0.717) is 28.3 Å². The van der Waals surface area contributed by atoms with E-state index in [9.17, 15) is 14.9 Å². The summed E-state index contributed by atoms with van der Waals surface area (Å²) in [5, 5.41) is 13.7. The summed E-state index contributed by atoms with van der Waals surface area (Å²) in [6, 6.07) is 9.37. The van der Waals surface area contributed by atoms with Gasteiger partial charge in [0.05, 0.1) is 19.1 Å². The van der Waals surface area contributed by atoms with Crippen molar-refractivity contribution in [1.82, 2.24) is 0 Å². The Balaban J connectivity index is 2.09. The number of nitro benzene ring substituents is 1. The Kier molecular flexibility index (Phi) is 5.73. The van der Waals surface area contributed by atoms with Crippen LogP contribution in [0.2, 0.25) is 0 Å². The largest absolute Gasteiger partial charge is 0.493 e. The number of nitrogens with one attached hydrogen (secondary N) is 1. The first-order valence-corrected chi connectivity index (χ1v) is 7.40. The number of anilines is 1. The van der Waals surface area contributed by atoms with Crippen molar-refractivity contribution in [3.05, 3.63) is 69.9 Å². The Morgan fingerprint density at radius 1 is 1.12 bits per heavy atom. The molecule has 2 aromatic rings. The van der Waals surface area contributed by atoms with Gasteiger partial charge in [0.2, 0.25) is 0 Å². The van der Waals surface area contributed by atoms with Crippen molar-refractivity contribution in [3.63, 3.8) is 0 Å². The summed E-state index contributed by atoms with van der Waals surface area (Å²) in [6.45, 7) is 1.75. The van der Waals surface area contributed by atoms with Gasteiger partial charge in [0, 0.05) is 35.7 Å². The molecule has 0 fully saturated rings. The van der Waals surface area contributed by atoms with Crippen molar-refractivity contribution >= 4 is 17.2 Å². The van der Waals surface area contributed by atoms with Crippen LogP contribution in [0.15, 0.2) is 48.7 Å². The second-order valence-electron chi connectivity index (χ2n) is 5.17. The number of methoxy groups -OCH3 is 2. The van der Waals surface area contributed by atoms with Crippen molar-refractivity contribution < 1.29 is 19.2 Å². The van der Waals surface area contributed by atoms with Crippen LogP contribution in [0.1, 0.15) is 15.9 Å². The van der Waals surface area contributed by atoms with Crippen molar-refractivity contribution in [2.45, 2.75) is 6.92 Å². The third-order valence-corrected chi connectivity index (χ3v) is 3.56. The minimum absolute atomic E-state index is 0.0217. The number of rotatable bonds is 7. The molecule has 0 aliphatic heterocycles. The Bertz CT molecular complexity index is 830. The van der Waals surface area contributed by atoms with Crippen LogP contribution in [-0.2, 0) is 0 Å². The zero-order valence-electron chi connectivity index (χ0n) is 14.1. The zero-order chi connectivity index (χ0) is 18.4. The highest BCUT2D eigenvalue weighted by Crippen LogP contribution is 2.27. The van der Waals surface area contributed by atoms with E-state index < -0.39 is 4.92 Å². The number of nitro groups is 1. The third-order valence-electron chi connectivity index (χ3n) is 3.56. The maximum Gasteiger partial charge on any atom is 0.269 e. The van der Waals surface area contributed by atoms with Crippen LogP contribution in [0, 0.1) is 17.0 Å². The van der Waals surface area contributed by atoms with Crippen molar-refractivity contribution in [1.29, 1.82) is 0 Å². The number of carbonyl (C=O) groups is 1. The average Bonchev–Trinajstić information content (AvgIpc) is 2.62. The van der Waals surface area contributed by atoms with E-state index in [2.05, 4.69) is 5.32 Å². The minimum atomic E-state index is -0.451. The lowest BCUT2D eigenvalue weighted by atomic mass is 10.1. The number of ether oxygens (including phenoxy) is 2. The van der Waals surface area contributed by atoms with Crippen LogP contribution in [0.3, 0.4) is 0 Å². The molecule has 2 rings (SSSR count). The zero-order valence-corrected chi connectivity index (χ0v) is 14.1. The molecule has 25 heavy (non-hydrogen) atoms. The van der Waals surface area contributed by atoms with Gasteiger partial charge in [0.1, 0.15) is 0 Å². The Morgan fingerprint density at radius 3 is 2.44 bits per heavy atom. The normalized spacial score (nSPS) is 10.5. The van der Waals surface area contributed by atoms with Crippen molar-refractivity contribution in [2.24, 2.45) is 0 Å². The fourth-order valence-corrected chi connectivity index (χ4v) is 2.22. The first-order valence-electron chi connectivity index (χ1n) is 7.40. The van der Waals surface area contributed by atoms with Crippen molar-refractivity contribution in [3.8, 4) is 11.5 Å². The summed E-state index contributed by atoms with van der Waals surface area (Å²) in [5.41, 5.74) is 1.86. The molecule has 1 N–H and O–H groups in total. The molecule has 0 amide bonds. The number of nitrogens with zero attached hydrogens (tertiary/aromatic N) is 1. The highest BCUT2D eigenvalue weighted by atomic mass is 16.6. The molecule has 7 nitrogen and oxygen atoms in total. The lowest BCUT2D eigenvalue weighted by Gasteiger charge is -2.08. The summed E-state index contributed by atoms with van der Waals surface area (Å²) in [4.78, 5) is 22.5. The Hall–Kier alpha value is -3.35. The quantitative estimate of drug-likeness (QED) is 0.357. The molecule has 0 aliphatic carbocycles. The number of benzene rings is 2. The fraction of sp³-hybridized carbons (Fsp3) is 0.167. The average molecular weight is 342 g/mol. The van der Waals surface area contributed by atoms with Gasteiger partial charge in [-0.25, -0.2) is 0 Å². The molecule has 7 heteroatoms. The van der Waals surface area contributed by atoms with Gasteiger partial charge in [-0.1, -0.05) is 0 Å². The van der Waals surface area contributed by atoms with E-state index in [0.717, 1.165) is 0 Å². The molecule has 0 saturated heterocycles. The van der Waals surface area contributed by atoms with E-state index in [1.165, 1.54) is 38.6 Å². The standard InChI is InChI=1S/C18H18N2O5/c1-12-10-14(20(22)23)5-6-15(12)19-9-8-16(21)13-4-7-17(24-2)18(11-13)25-3/h4-11,19H,1-3H3/b9-8+. The first-order chi connectivity index (χ1) is 12.0. The van der Waals surface area contributed by atoms with E-state index in [1.807, 2.05) is 0 Å². The molecule has 2 aromatic carbocycles. The molecule has 130 valence electrons. The highest BCUT2D eigenvalue weighted by Gasteiger charge is 2.09. The SMILES string of the molecule is COc1ccc(C(=O)/C=C/Nc2ccc([N+](=O)[O-])cc2C)cc1OC. The highest BCUT2D eigenvalue weighted by molar-refractivity contribution is 6.05. The fourth-order valence-electron chi connectivity index (χ4n) is 2.22. The number of aryl methyl sites for hydroxylation is 1. The van der Waals surface area contributed by atoms with Gasteiger partial charge in [-0.2, -0.15) is 0 Å². The monoisotopic (exact) mass is 342 g/mol. The summed E-state index contributed by atoms with van der Waals surface area (Å²) >= 11 is 0. The molecule has 0 unspecified atom stereocenters. The first kappa shape index (κ1) is 18.0. The van der Waals surface area contributed by atoms with E-state index in [-0.39, 0.29) is 11.5 Å². The molecule has 0 bridgehead atoms. The van der Waals surface area contributed by atoms with Gasteiger partial charge in [-0.3, -0.25) is 14.9 Å². The maximum atomic E-state index is 12.2. The number of carbonyl (C=O) groups excluding carboxylic acids is 1. The summed E-state index contributed by atoms with van der Waals surface area (Å²) < 4.78 is 10.3. The molecule has 0 aliphatic rings. The van der Waals surface area contributed by atoms with Gasteiger partial charge in [0.15, 0.2) is 17.3 Å². The van der Waals surface area contributed by atoms with Crippen LogP contribution in [0.4, 0.5) is 11.4 Å². The molecular formula is C18H18N2O5. The van der Waals surface area contributed by atoms with E-state index >= 15 is 0 Å². The molecule has 0 atom stereocenters. The van der Waals surface area contributed by atoms with Gasteiger partial charge in [-0.15, -0.1) is 0 Å². The summed E-state index contributed by atoms with van der Waals surface area (Å²) in [6.07, 6.45) is 2.87. The third kappa shape index (κ3) is 4.35. The molecular weight excluding hydrogens is 324 g/mol. The van der Waals surface area contributed by atoms with E-state index in [4.69, 9.17) is 9.47 Å². The minimum Gasteiger partial charge on any atom is -0.493 e. The van der Waals surface area contributed by atoms with Gasteiger partial charge in [0.25, 0.3) is 5.69 Å². The smallest absolute Gasteiger partial charge is 0.269 e. The molecule has 0 saturated carbocycles. The predicted molar refractivity (Wildman–Crippen MR) is 94.5 cm³/mol. The predicted octanol–water partition coefficient (Wildman–Crippen LogP) is 3.73. The number of hydrogen-bond acceptors (Lipinski definition) is 6. The molecule has 0 heterocycles. The van der Waals surface area contributed by atoms with Gasteiger partial charge in [-0.05, 0) is 36.8 Å². The summed E-state index contributed by atoms with van der Waals surface area (Å²) in [7, 11) is 3.02. The van der Waals surface area contributed by atoms with Crippen LogP contribution in [0.5, 0.6) is 11.5 Å². The number of hydrogen-bond donors (Lipinski definition) is 1. The van der Waals surface area contributed by atoms with Crippen LogP contribution in [-0.4, -0.2) is 24.9 Å². The lowest BCUT2D eigenvalue weighted by Crippen LogP contribution is -1.99. The lowest BCUT2D eigenvalue weighted by molar-refractivity contribution is -0.384. The van der Waals surface area contributed by atoms with Gasteiger partial charge < -0.3 is 14.8 Å². The molecule has 0 spiro atoms. The van der Waals surface area contributed by atoms with Crippen LogP contribution < -0.4 is 14.8 Å². The van der Waals surface area contributed by atoms with E-state index in [1.54, 1.807) is 31.2 Å². The Morgan fingerprint density at radius 2 is 1.84 bits per heavy atom. The maximum absolute atomic E-state index is 12.2. The topological polar surface area (TPSA) is 90.7 Å². The Labute approximate surface area is 145 Å². The number of non-ortho nitro benzene ring substituents is 1. The summed E-state index contributed by atoms with van der Waals surface area (Å²) in [5.74, 6) is 0.802. The van der Waals surface area contributed by atoms with Crippen LogP contribution >= 0.6 is 0 Å². The molecule has 0 radical (unpaired) electrons. The number of ketones is 1.